The Bertz CT molecular complexity index is 1790. The Morgan fingerprint density at radius 2 is 1.82 bits per heavy atom. The lowest BCUT2D eigenvalue weighted by Crippen LogP contribution is -2.27. The van der Waals surface area contributed by atoms with Crippen molar-refractivity contribution < 1.29 is 23.8 Å². The first-order valence-electron chi connectivity index (χ1n) is 13.9. The van der Waals surface area contributed by atoms with Gasteiger partial charge < -0.3 is 30.2 Å². The van der Waals surface area contributed by atoms with Gasteiger partial charge in [-0.3, -0.25) is 14.4 Å². The van der Waals surface area contributed by atoms with Crippen LogP contribution in [0.4, 0.5) is 11.4 Å². The highest BCUT2D eigenvalue weighted by atomic mass is 16.5. The fourth-order valence-corrected chi connectivity index (χ4v) is 5.37. The standard InChI is InChI=1S/C31H33N7O6/c1-17(39)33-23-11-9-18-14-26(42-3)29(43-4)30(44-5)28(18)21-10-12-24(25(40)15-22(21)23)32-16-27(41)34-20-8-6-7-19(13-20)31-35-37-38(2)36-31/h6-8,10,12-15,23H,9,11,16H2,1-5H3,(H,32,40)(H,33,39)(H,34,41). The minimum atomic E-state index is -0.441. The van der Waals surface area contributed by atoms with Crippen LogP contribution in [0.25, 0.3) is 22.5 Å². The number of ether oxygens (including phenoxy) is 3. The Balaban J connectivity index is 1.47. The third-order valence-electron chi connectivity index (χ3n) is 7.27. The molecule has 0 fully saturated rings. The van der Waals surface area contributed by atoms with Crippen molar-refractivity contribution in [3.05, 3.63) is 69.9 Å². The fraction of sp³-hybridized carbons (Fsp3) is 0.290. The summed E-state index contributed by atoms with van der Waals surface area (Å²) in [5.74, 6) is 1.24. The van der Waals surface area contributed by atoms with E-state index in [0.717, 1.165) is 11.1 Å². The van der Waals surface area contributed by atoms with E-state index >= 15 is 0 Å². The number of carbonyl (C=O) groups excluding carboxylic acids is 2. The van der Waals surface area contributed by atoms with E-state index in [4.69, 9.17) is 14.2 Å². The van der Waals surface area contributed by atoms with Gasteiger partial charge in [0.25, 0.3) is 0 Å². The van der Waals surface area contributed by atoms with Crippen molar-refractivity contribution in [2.75, 3.05) is 38.5 Å². The normalized spacial score (nSPS) is 13.5. The number of carbonyl (C=O) groups is 2. The molecule has 1 unspecified atom stereocenters. The Kier molecular flexibility index (Phi) is 8.74. The second kappa shape index (κ2) is 12.8. The molecule has 0 radical (unpaired) electrons. The molecule has 1 aliphatic rings. The maximum absolute atomic E-state index is 13.5. The molecule has 3 N–H and O–H groups in total. The number of nitrogens with one attached hydrogen (secondary N) is 3. The monoisotopic (exact) mass is 599 g/mol. The fourth-order valence-electron chi connectivity index (χ4n) is 5.37. The minimum Gasteiger partial charge on any atom is -0.493 e. The third kappa shape index (κ3) is 6.16. The SMILES string of the molecule is COc1cc2c(c(OC)c1OC)-c1ccc(NCC(=O)Nc3cccc(-c4nnn(C)n4)c3)c(=O)cc1C(NC(C)=O)CC2. The maximum Gasteiger partial charge on any atom is 0.243 e. The summed E-state index contributed by atoms with van der Waals surface area (Å²) >= 11 is 0. The van der Waals surface area contributed by atoms with Crippen LogP contribution in [0.3, 0.4) is 0 Å². The topological polar surface area (TPSA) is 159 Å². The molecule has 0 saturated carbocycles. The van der Waals surface area contributed by atoms with Gasteiger partial charge in [0, 0.05) is 23.7 Å². The third-order valence-corrected chi connectivity index (χ3v) is 7.27. The molecule has 13 heteroatoms. The van der Waals surface area contributed by atoms with E-state index < -0.39 is 6.04 Å². The van der Waals surface area contributed by atoms with E-state index in [1.165, 1.54) is 24.9 Å². The highest BCUT2D eigenvalue weighted by molar-refractivity contribution is 5.94. The molecular weight excluding hydrogens is 566 g/mol. The highest BCUT2D eigenvalue weighted by Gasteiger charge is 2.29. The number of tetrazole rings is 1. The lowest BCUT2D eigenvalue weighted by atomic mass is 9.95. The number of aromatic nitrogens is 4. The first kappa shape index (κ1) is 30.0. The maximum atomic E-state index is 13.5. The van der Waals surface area contributed by atoms with Gasteiger partial charge >= 0.3 is 0 Å². The van der Waals surface area contributed by atoms with Gasteiger partial charge in [0.2, 0.25) is 28.8 Å². The molecule has 13 nitrogen and oxygen atoms in total. The van der Waals surface area contributed by atoms with Gasteiger partial charge in [0.05, 0.1) is 46.7 Å². The Morgan fingerprint density at radius 3 is 2.50 bits per heavy atom. The summed E-state index contributed by atoms with van der Waals surface area (Å²) in [7, 11) is 6.29. The van der Waals surface area contributed by atoms with Crippen LogP contribution in [0.5, 0.6) is 17.2 Å². The molecule has 1 aromatic heterocycles. The molecule has 1 atom stereocenters. The zero-order valence-electron chi connectivity index (χ0n) is 25.1. The lowest BCUT2D eigenvalue weighted by Gasteiger charge is -2.19. The molecule has 5 rings (SSSR count). The van der Waals surface area contributed by atoms with E-state index in [2.05, 4.69) is 31.4 Å². The van der Waals surface area contributed by atoms with Crippen LogP contribution in [0, 0.1) is 0 Å². The van der Waals surface area contributed by atoms with Crippen molar-refractivity contribution in [3.63, 3.8) is 0 Å². The number of rotatable bonds is 9. The van der Waals surface area contributed by atoms with Crippen LogP contribution in [-0.2, 0) is 23.1 Å². The number of aryl methyl sites for hydroxylation is 2. The highest BCUT2D eigenvalue weighted by Crippen LogP contribution is 2.50. The van der Waals surface area contributed by atoms with E-state index in [-0.39, 0.29) is 29.5 Å². The summed E-state index contributed by atoms with van der Waals surface area (Å²) < 4.78 is 17.0. The smallest absolute Gasteiger partial charge is 0.243 e. The van der Waals surface area contributed by atoms with Crippen LogP contribution < -0.4 is 35.6 Å². The van der Waals surface area contributed by atoms with Gasteiger partial charge in [-0.2, -0.15) is 4.80 Å². The number of hydrogen-bond donors (Lipinski definition) is 3. The predicted octanol–water partition coefficient (Wildman–Crippen LogP) is 3.10. The molecule has 1 heterocycles. The number of anilines is 2. The molecule has 3 aromatic carbocycles. The molecule has 0 aliphatic heterocycles. The van der Waals surface area contributed by atoms with Crippen molar-refractivity contribution in [3.8, 4) is 39.8 Å². The van der Waals surface area contributed by atoms with Crippen LogP contribution in [0.1, 0.15) is 30.5 Å². The summed E-state index contributed by atoms with van der Waals surface area (Å²) in [5, 5.41) is 20.8. The molecule has 44 heavy (non-hydrogen) atoms. The van der Waals surface area contributed by atoms with Crippen LogP contribution in [0.2, 0.25) is 0 Å². The van der Waals surface area contributed by atoms with Gasteiger partial charge in [-0.15, -0.1) is 10.2 Å². The second-order valence-corrected chi connectivity index (χ2v) is 10.2. The Hall–Kier alpha value is -5.46. The van der Waals surface area contributed by atoms with Crippen LogP contribution in [0.15, 0.2) is 53.3 Å². The van der Waals surface area contributed by atoms with Crippen molar-refractivity contribution in [1.29, 1.82) is 0 Å². The first-order chi connectivity index (χ1) is 21.2. The number of methoxy groups -OCH3 is 3. The van der Waals surface area contributed by atoms with E-state index in [0.29, 0.717) is 58.3 Å². The number of fused-ring (bicyclic) bond motifs is 3. The Labute approximate surface area is 253 Å². The largest absolute Gasteiger partial charge is 0.493 e. The molecule has 0 bridgehead atoms. The van der Waals surface area contributed by atoms with Crippen LogP contribution >= 0.6 is 0 Å². The zero-order chi connectivity index (χ0) is 31.4. The average molecular weight is 600 g/mol. The summed E-state index contributed by atoms with van der Waals surface area (Å²) in [6.07, 6.45) is 1.12. The van der Waals surface area contributed by atoms with Gasteiger partial charge in [-0.25, -0.2) is 0 Å². The molecule has 2 amide bonds. The predicted molar refractivity (Wildman–Crippen MR) is 164 cm³/mol. The zero-order valence-corrected chi connectivity index (χ0v) is 25.1. The number of benzene rings is 2. The molecular formula is C31H33N7O6. The van der Waals surface area contributed by atoms with Gasteiger partial charge in [-0.05, 0) is 65.1 Å². The van der Waals surface area contributed by atoms with Crippen molar-refractivity contribution in [2.45, 2.75) is 25.8 Å². The van der Waals surface area contributed by atoms with Gasteiger partial charge in [0.15, 0.2) is 11.5 Å². The van der Waals surface area contributed by atoms with E-state index in [1.807, 2.05) is 12.1 Å². The van der Waals surface area contributed by atoms with Gasteiger partial charge in [-0.1, -0.05) is 18.2 Å². The summed E-state index contributed by atoms with van der Waals surface area (Å²) in [5.41, 5.74) is 4.09. The molecule has 4 aromatic rings. The van der Waals surface area contributed by atoms with Crippen LogP contribution in [-0.4, -0.2) is 59.9 Å². The van der Waals surface area contributed by atoms with Crippen molar-refractivity contribution in [1.82, 2.24) is 25.5 Å². The second-order valence-electron chi connectivity index (χ2n) is 10.2. The minimum absolute atomic E-state index is 0.169. The molecule has 0 saturated heterocycles. The molecule has 0 spiro atoms. The molecule has 1 aliphatic carbocycles. The summed E-state index contributed by atoms with van der Waals surface area (Å²) in [4.78, 5) is 39.9. The lowest BCUT2D eigenvalue weighted by molar-refractivity contribution is -0.119. The number of nitrogens with zero attached hydrogens (tertiary/aromatic N) is 4. The number of hydrogen-bond acceptors (Lipinski definition) is 10. The van der Waals surface area contributed by atoms with Crippen molar-refractivity contribution >= 4 is 23.2 Å². The Morgan fingerprint density at radius 1 is 1.02 bits per heavy atom. The van der Waals surface area contributed by atoms with E-state index in [9.17, 15) is 14.4 Å². The van der Waals surface area contributed by atoms with Gasteiger partial charge in [0.1, 0.15) is 0 Å². The summed E-state index contributed by atoms with van der Waals surface area (Å²) in [6.45, 7) is 1.27. The quantitative estimate of drug-likeness (QED) is 0.261. The summed E-state index contributed by atoms with van der Waals surface area (Å²) in [6, 6.07) is 13.4. The first-order valence-corrected chi connectivity index (χ1v) is 13.9. The van der Waals surface area contributed by atoms with E-state index in [1.54, 1.807) is 51.6 Å². The number of amides is 2. The average Bonchev–Trinajstić information content (AvgIpc) is 3.31. The van der Waals surface area contributed by atoms with Crippen molar-refractivity contribution in [2.24, 2.45) is 7.05 Å². The molecule has 228 valence electrons.